The first-order chi connectivity index (χ1) is 8.04. The highest BCUT2D eigenvalue weighted by Gasteiger charge is 2.50. The van der Waals surface area contributed by atoms with Crippen molar-refractivity contribution in [3.8, 4) is 6.07 Å². The predicted octanol–water partition coefficient (Wildman–Crippen LogP) is 4.39. The van der Waals surface area contributed by atoms with Crippen molar-refractivity contribution in [3.05, 3.63) is 20.9 Å². The minimum absolute atomic E-state index is 0.0636. The molecule has 0 bridgehead atoms. The van der Waals surface area contributed by atoms with Gasteiger partial charge in [0, 0.05) is 10.8 Å². The fraction of sp³-hybridized carbons (Fsp3) is 0.583. The number of fused-ring (bicyclic) bond motifs is 4. The van der Waals surface area contributed by atoms with E-state index in [9.17, 15) is 13.2 Å². The molecular formula is C12H10F3NS. The van der Waals surface area contributed by atoms with Crippen LogP contribution in [0.2, 0.25) is 0 Å². The summed E-state index contributed by atoms with van der Waals surface area (Å²) < 4.78 is 38.9. The van der Waals surface area contributed by atoms with Gasteiger partial charge in [-0.3, -0.25) is 0 Å². The van der Waals surface area contributed by atoms with Gasteiger partial charge in [-0.1, -0.05) is 12.8 Å². The fourth-order valence-electron chi connectivity index (χ4n) is 3.16. The zero-order valence-corrected chi connectivity index (χ0v) is 9.79. The number of halogens is 3. The molecule has 0 N–H and O–H groups in total. The zero-order chi connectivity index (χ0) is 12.2. The van der Waals surface area contributed by atoms with Crippen LogP contribution in [0.25, 0.3) is 0 Å². The third-order valence-corrected chi connectivity index (χ3v) is 5.07. The van der Waals surface area contributed by atoms with E-state index in [2.05, 4.69) is 0 Å². The number of nitriles is 1. The van der Waals surface area contributed by atoms with Crippen LogP contribution in [0.15, 0.2) is 0 Å². The van der Waals surface area contributed by atoms with Gasteiger partial charge in [-0.05, 0) is 24.3 Å². The van der Waals surface area contributed by atoms with Gasteiger partial charge in [0.05, 0.1) is 5.56 Å². The molecule has 2 atom stereocenters. The van der Waals surface area contributed by atoms with Crippen LogP contribution in [0.4, 0.5) is 13.2 Å². The van der Waals surface area contributed by atoms with E-state index in [4.69, 9.17) is 5.26 Å². The molecule has 0 aromatic carbocycles. The molecule has 1 nitrogen and oxygen atoms in total. The number of thiophene rings is 1. The maximum atomic E-state index is 13.0. The Bertz CT molecular complexity index is 509. The van der Waals surface area contributed by atoms with E-state index < -0.39 is 11.7 Å². The molecule has 1 aromatic rings. The van der Waals surface area contributed by atoms with Crippen molar-refractivity contribution in [2.75, 3.05) is 0 Å². The Kier molecular flexibility index (Phi) is 2.27. The first kappa shape index (κ1) is 11.1. The summed E-state index contributed by atoms with van der Waals surface area (Å²) >= 11 is 1.06. The zero-order valence-electron chi connectivity index (χ0n) is 8.97. The summed E-state index contributed by atoms with van der Waals surface area (Å²) in [5.41, 5.74) is -0.188. The summed E-state index contributed by atoms with van der Waals surface area (Å²) in [6.45, 7) is 0. The second-order valence-electron chi connectivity index (χ2n) is 4.69. The summed E-state index contributed by atoms with van der Waals surface area (Å²) in [5, 5.41) is 8.84. The highest BCUT2D eigenvalue weighted by Crippen LogP contribution is 2.61. The third kappa shape index (κ3) is 1.43. The molecule has 1 fully saturated rings. The van der Waals surface area contributed by atoms with Gasteiger partial charge in [0.25, 0.3) is 0 Å². The molecule has 3 rings (SSSR count). The highest BCUT2D eigenvalue weighted by atomic mass is 32.1. The Labute approximate surface area is 101 Å². The fourth-order valence-corrected chi connectivity index (χ4v) is 4.55. The van der Waals surface area contributed by atoms with E-state index in [0.717, 1.165) is 41.9 Å². The molecule has 0 radical (unpaired) electrons. The summed E-state index contributed by atoms with van der Waals surface area (Å²) in [6.07, 6.45) is -0.433. The number of rotatable bonds is 0. The van der Waals surface area contributed by atoms with Crippen LogP contribution in [-0.2, 0) is 6.18 Å². The highest BCUT2D eigenvalue weighted by molar-refractivity contribution is 7.13. The lowest BCUT2D eigenvalue weighted by molar-refractivity contribution is -0.138. The average molecular weight is 257 g/mol. The van der Waals surface area contributed by atoms with Gasteiger partial charge >= 0.3 is 6.18 Å². The van der Waals surface area contributed by atoms with Crippen molar-refractivity contribution >= 4 is 11.3 Å². The van der Waals surface area contributed by atoms with Gasteiger partial charge in [0.2, 0.25) is 0 Å². The molecule has 1 heterocycles. The average Bonchev–Trinajstić information content (AvgIpc) is 2.60. The van der Waals surface area contributed by atoms with Crippen LogP contribution in [-0.4, -0.2) is 0 Å². The molecule has 0 spiro atoms. The van der Waals surface area contributed by atoms with Gasteiger partial charge in [-0.15, -0.1) is 11.3 Å². The van der Waals surface area contributed by atoms with E-state index in [0.29, 0.717) is 11.5 Å². The minimum Gasteiger partial charge on any atom is -0.192 e. The lowest BCUT2D eigenvalue weighted by Gasteiger charge is -2.41. The van der Waals surface area contributed by atoms with Gasteiger partial charge in [0.15, 0.2) is 0 Å². The van der Waals surface area contributed by atoms with Crippen LogP contribution in [0.3, 0.4) is 0 Å². The van der Waals surface area contributed by atoms with Crippen molar-refractivity contribution in [3.63, 3.8) is 0 Å². The van der Waals surface area contributed by atoms with Crippen LogP contribution < -0.4 is 0 Å². The largest absolute Gasteiger partial charge is 0.418 e. The normalized spacial score (nSPS) is 26.7. The standard InChI is InChI=1S/C12H10F3NS/c13-12(14,15)10-8(5-16)17-11-7-4-2-1-3-6(7)9(10)11/h6-7H,1-4H2. The number of hydrogen-bond donors (Lipinski definition) is 0. The summed E-state index contributed by atoms with van der Waals surface area (Å²) in [7, 11) is 0. The Morgan fingerprint density at radius 2 is 1.82 bits per heavy atom. The van der Waals surface area contributed by atoms with Crippen molar-refractivity contribution in [1.29, 1.82) is 5.26 Å². The van der Waals surface area contributed by atoms with Crippen LogP contribution in [0.5, 0.6) is 0 Å². The molecule has 2 unspecified atom stereocenters. The Morgan fingerprint density at radius 3 is 2.41 bits per heavy atom. The topological polar surface area (TPSA) is 23.8 Å². The van der Waals surface area contributed by atoms with Gasteiger partial charge in [-0.2, -0.15) is 18.4 Å². The lowest BCUT2D eigenvalue weighted by Crippen LogP contribution is -2.28. The van der Waals surface area contributed by atoms with Crippen LogP contribution in [0, 0.1) is 11.3 Å². The molecule has 17 heavy (non-hydrogen) atoms. The molecule has 90 valence electrons. The Hall–Kier alpha value is -1.02. The summed E-state index contributed by atoms with van der Waals surface area (Å²) in [5.74, 6) is 0.362. The summed E-state index contributed by atoms with van der Waals surface area (Å²) in [6, 6.07) is 1.71. The first-order valence-electron chi connectivity index (χ1n) is 5.68. The molecular weight excluding hydrogens is 247 g/mol. The molecule has 0 amide bonds. The summed E-state index contributed by atoms with van der Waals surface area (Å²) in [4.78, 5) is 0.690. The van der Waals surface area contributed by atoms with Crippen LogP contribution >= 0.6 is 11.3 Å². The molecule has 2 aliphatic carbocycles. The maximum absolute atomic E-state index is 13.0. The Balaban J connectivity index is 2.14. The van der Waals surface area contributed by atoms with Crippen LogP contribution in [0.1, 0.15) is 58.4 Å². The SMILES string of the molecule is N#Cc1sc2c(c1C(F)(F)F)C1CCCCC21. The van der Waals surface area contributed by atoms with Crippen molar-refractivity contribution < 1.29 is 13.2 Å². The van der Waals surface area contributed by atoms with Gasteiger partial charge in [-0.25, -0.2) is 0 Å². The molecule has 1 saturated carbocycles. The van der Waals surface area contributed by atoms with E-state index in [1.807, 2.05) is 0 Å². The van der Waals surface area contributed by atoms with Crippen molar-refractivity contribution in [1.82, 2.24) is 0 Å². The lowest BCUT2D eigenvalue weighted by atomic mass is 9.64. The smallest absolute Gasteiger partial charge is 0.192 e. The first-order valence-corrected chi connectivity index (χ1v) is 6.49. The Morgan fingerprint density at radius 1 is 1.18 bits per heavy atom. The van der Waals surface area contributed by atoms with E-state index in [1.165, 1.54) is 0 Å². The minimum atomic E-state index is -4.38. The van der Waals surface area contributed by atoms with Gasteiger partial charge in [0.1, 0.15) is 10.9 Å². The van der Waals surface area contributed by atoms with Crippen molar-refractivity contribution in [2.45, 2.75) is 43.7 Å². The monoisotopic (exact) mass is 257 g/mol. The molecule has 2 aliphatic rings. The van der Waals surface area contributed by atoms with E-state index >= 15 is 0 Å². The number of nitrogens with zero attached hydrogens (tertiary/aromatic N) is 1. The molecule has 0 saturated heterocycles. The quantitative estimate of drug-likeness (QED) is 0.676. The molecule has 1 aromatic heterocycles. The molecule has 5 heteroatoms. The predicted molar refractivity (Wildman–Crippen MR) is 58.0 cm³/mol. The van der Waals surface area contributed by atoms with Gasteiger partial charge < -0.3 is 0 Å². The second-order valence-corrected chi connectivity index (χ2v) is 5.74. The molecule has 0 aliphatic heterocycles. The van der Waals surface area contributed by atoms with Crippen molar-refractivity contribution in [2.24, 2.45) is 0 Å². The maximum Gasteiger partial charge on any atom is 0.418 e. The van der Waals surface area contributed by atoms with E-state index in [1.54, 1.807) is 6.07 Å². The number of hydrogen-bond acceptors (Lipinski definition) is 2. The second kappa shape index (κ2) is 3.49. The number of alkyl halides is 3. The van der Waals surface area contributed by atoms with E-state index in [-0.39, 0.29) is 10.8 Å². The third-order valence-electron chi connectivity index (χ3n) is 3.83.